The monoisotopic (exact) mass is 517 g/mol. The summed E-state index contributed by atoms with van der Waals surface area (Å²) in [6.45, 7) is 4.44. The van der Waals surface area contributed by atoms with Crippen molar-refractivity contribution in [2.75, 3.05) is 6.61 Å². The molecule has 0 saturated carbocycles. The molecule has 13 heteroatoms. The maximum Gasteiger partial charge on any atom is 0.333 e. The standard InChI is InChI=1S/C23H23N3O9S/c1-14(2)20(23(29)35-12-15-8-10-16(11-9-15)26(30)31)25-21(28)19(22(25)36(32)33)24-18(27)13-34-17-6-4-3-5-7-17/h3-11,19-20,22H,1,12-13H2,2H3,(H,24,27)(H,32,33)/t19-,20?,22-/m1/s1. The highest BCUT2D eigenvalue weighted by atomic mass is 32.2. The number of nitro benzene ring substituents is 1. The van der Waals surface area contributed by atoms with Crippen molar-refractivity contribution in [1.82, 2.24) is 10.2 Å². The highest BCUT2D eigenvalue weighted by molar-refractivity contribution is 7.80. The lowest BCUT2D eigenvalue weighted by Gasteiger charge is -2.48. The number of carbonyl (C=O) groups is 3. The zero-order valence-electron chi connectivity index (χ0n) is 19.1. The van der Waals surface area contributed by atoms with Gasteiger partial charge in [-0.05, 0) is 42.3 Å². The van der Waals surface area contributed by atoms with Crippen LogP contribution in [0.5, 0.6) is 5.75 Å². The molecule has 12 nitrogen and oxygen atoms in total. The summed E-state index contributed by atoms with van der Waals surface area (Å²) in [5, 5.41) is 11.7. The van der Waals surface area contributed by atoms with Gasteiger partial charge in [0.2, 0.25) is 0 Å². The third kappa shape index (κ3) is 6.12. The summed E-state index contributed by atoms with van der Waals surface area (Å²) in [4.78, 5) is 48.9. The molecule has 0 aromatic heterocycles. The quantitative estimate of drug-likeness (QED) is 0.112. The molecule has 0 radical (unpaired) electrons. The molecule has 2 aromatic carbocycles. The van der Waals surface area contributed by atoms with Crippen molar-refractivity contribution in [3.8, 4) is 5.75 Å². The average Bonchev–Trinajstić information content (AvgIpc) is 2.85. The number of hydrogen-bond donors (Lipinski definition) is 2. The second kappa shape index (κ2) is 11.6. The Kier molecular flexibility index (Phi) is 8.51. The van der Waals surface area contributed by atoms with Gasteiger partial charge in [-0.2, -0.15) is 0 Å². The molecule has 2 amide bonds. The lowest BCUT2D eigenvalue weighted by Crippen LogP contribution is -2.75. The lowest BCUT2D eigenvalue weighted by molar-refractivity contribution is -0.384. The number of rotatable bonds is 11. The summed E-state index contributed by atoms with van der Waals surface area (Å²) in [6, 6.07) is 11.0. The smallest absolute Gasteiger partial charge is 0.333 e. The van der Waals surface area contributed by atoms with Crippen LogP contribution in [-0.4, -0.2) is 60.4 Å². The van der Waals surface area contributed by atoms with Crippen LogP contribution in [-0.2, 0) is 36.8 Å². The summed E-state index contributed by atoms with van der Waals surface area (Å²) < 4.78 is 32.4. The van der Waals surface area contributed by atoms with Gasteiger partial charge in [0.15, 0.2) is 29.1 Å². The number of nitrogens with one attached hydrogen (secondary N) is 1. The number of ether oxygens (including phenoxy) is 2. The largest absolute Gasteiger partial charge is 0.484 e. The van der Waals surface area contributed by atoms with E-state index in [1.165, 1.54) is 31.2 Å². The normalized spacial score (nSPS) is 18.4. The zero-order valence-corrected chi connectivity index (χ0v) is 19.9. The van der Waals surface area contributed by atoms with Gasteiger partial charge in [0.1, 0.15) is 18.4 Å². The van der Waals surface area contributed by atoms with Gasteiger partial charge in [0.05, 0.1) is 4.92 Å². The van der Waals surface area contributed by atoms with Crippen molar-refractivity contribution in [2.24, 2.45) is 0 Å². The maximum atomic E-state index is 12.8. The minimum atomic E-state index is -2.62. The van der Waals surface area contributed by atoms with E-state index in [-0.39, 0.29) is 17.9 Å². The minimum absolute atomic E-state index is 0.133. The second-order valence-electron chi connectivity index (χ2n) is 7.84. The van der Waals surface area contributed by atoms with Crippen molar-refractivity contribution < 1.29 is 37.5 Å². The fourth-order valence-electron chi connectivity index (χ4n) is 3.49. The van der Waals surface area contributed by atoms with Gasteiger partial charge in [-0.1, -0.05) is 24.8 Å². The Labute approximate surface area is 208 Å². The summed E-state index contributed by atoms with van der Waals surface area (Å²) in [5.74, 6) is -1.95. The van der Waals surface area contributed by atoms with Crippen LogP contribution in [0.15, 0.2) is 66.7 Å². The molecule has 1 heterocycles. The number of non-ortho nitro benzene ring substituents is 1. The Bertz CT molecular complexity index is 1190. The maximum absolute atomic E-state index is 12.8. The number of carbonyl (C=O) groups excluding carboxylic acids is 3. The Morgan fingerprint density at radius 2 is 1.86 bits per heavy atom. The molecule has 36 heavy (non-hydrogen) atoms. The van der Waals surface area contributed by atoms with Gasteiger partial charge in [-0.3, -0.25) is 19.7 Å². The molecule has 4 atom stereocenters. The third-order valence-corrected chi connectivity index (χ3v) is 6.12. The minimum Gasteiger partial charge on any atom is -0.484 e. The highest BCUT2D eigenvalue weighted by Gasteiger charge is 2.56. The SMILES string of the molecule is C=C(C)C(C(=O)OCc1ccc([N+](=O)[O-])cc1)N1C(=O)[C@@H](NC(=O)COc2ccccc2)[C@H]1S(=O)O. The molecule has 0 bridgehead atoms. The Balaban J connectivity index is 1.64. The fourth-order valence-corrected chi connectivity index (χ4v) is 4.32. The van der Waals surface area contributed by atoms with Crippen molar-refractivity contribution in [2.45, 2.75) is 31.0 Å². The highest BCUT2D eigenvalue weighted by Crippen LogP contribution is 2.29. The van der Waals surface area contributed by atoms with E-state index in [2.05, 4.69) is 11.9 Å². The summed E-state index contributed by atoms with van der Waals surface area (Å²) in [5.41, 5.74) is 0.492. The Morgan fingerprint density at radius 1 is 1.22 bits per heavy atom. The predicted octanol–water partition coefficient (Wildman–Crippen LogP) is 1.54. The lowest BCUT2D eigenvalue weighted by atomic mass is 9.99. The first kappa shape index (κ1) is 26.5. The third-order valence-electron chi connectivity index (χ3n) is 5.21. The Hall–Kier alpha value is -4.10. The first-order valence-electron chi connectivity index (χ1n) is 10.5. The summed E-state index contributed by atoms with van der Waals surface area (Å²) in [6.07, 6.45) is 0. The number of amides is 2. The number of β-lactam (4-membered cyclic amide) rings is 1. The first-order chi connectivity index (χ1) is 17.1. The number of esters is 1. The molecule has 1 saturated heterocycles. The molecule has 1 aliphatic heterocycles. The molecule has 1 aliphatic rings. The van der Waals surface area contributed by atoms with Gasteiger partial charge in [0, 0.05) is 12.1 Å². The van der Waals surface area contributed by atoms with Crippen LogP contribution in [0.25, 0.3) is 0 Å². The van der Waals surface area contributed by atoms with Gasteiger partial charge >= 0.3 is 5.97 Å². The zero-order chi connectivity index (χ0) is 26.4. The molecule has 1 fully saturated rings. The number of para-hydroxylation sites is 1. The van der Waals surface area contributed by atoms with Crippen LogP contribution in [0, 0.1) is 10.1 Å². The predicted molar refractivity (Wildman–Crippen MR) is 127 cm³/mol. The molecule has 0 aliphatic carbocycles. The van der Waals surface area contributed by atoms with E-state index >= 15 is 0 Å². The van der Waals surface area contributed by atoms with E-state index in [0.29, 0.717) is 11.3 Å². The average molecular weight is 518 g/mol. The molecule has 2 aromatic rings. The van der Waals surface area contributed by atoms with Gasteiger partial charge in [-0.15, -0.1) is 0 Å². The van der Waals surface area contributed by atoms with Crippen LogP contribution in [0.4, 0.5) is 5.69 Å². The topological polar surface area (TPSA) is 165 Å². The summed E-state index contributed by atoms with van der Waals surface area (Å²) in [7, 11) is 0. The summed E-state index contributed by atoms with van der Waals surface area (Å²) >= 11 is -2.62. The van der Waals surface area contributed by atoms with Crippen LogP contribution in [0.2, 0.25) is 0 Å². The second-order valence-corrected chi connectivity index (χ2v) is 8.87. The number of benzene rings is 2. The fraction of sp³-hybridized carbons (Fsp3) is 0.261. The van der Waals surface area contributed by atoms with E-state index in [1.807, 2.05) is 0 Å². The van der Waals surface area contributed by atoms with E-state index < -0.39 is 57.9 Å². The van der Waals surface area contributed by atoms with Gasteiger partial charge < -0.3 is 24.2 Å². The molecular weight excluding hydrogens is 494 g/mol. The van der Waals surface area contributed by atoms with Crippen LogP contribution in [0.1, 0.15) is 12.5 Å². The molecule has 0 spiro atoms. The van der Waals surface area contributed by atoms with E-state index in [4.69, 9.17) is 9.47 Å². The first-order valence-corrected chi connectivity index (χ1v) is 11.7. The van der Waals surface area contributed by atoms with Crippen molar-refractivity contribution in [1.29, 1.82) is 0 Å². The molecule has 2 N–H and O–H groups in total. The van der Waals surface area contributed by atoms with Gasteiger partial charge in [-0.25, -0.2) is 9.00 Å². The molecular formula is C23H23N3O9S. The van der Waals surface area contributed by atoms with Gasteiger partial charge in [0.25, 0.3) is 17.5 Å². The van der Waals surface area contributed by atoms with E-state index in [9.17, 15) is 33.3 Å². The van der Waals surface area contributed by atoms with E-state index in [1.54, 1.807) is 30.3 Å². The Morgan fingerprint density at radius 3 is 2.42 bits per heavy atom. The van der Waals surface area contributed by atoms with Crippen molar-refractivity contribution in [3.05, 3.63) is 82.4 Å². The number of hydrogen-bond acceptors (Lipinski definition) is 8. The van der Waals surface area contributed by atoms with Crippen LogP contribution < -0.4 is 10.1 Å². The van der Waals surface area contributed by atoms with Crippen LogP contribution in [0.3, 0.4) is 0 Å². The molecule has 190 valence electrons. The molecule has 3 rings (SSSR count). The van der Waals surface area contributed by atoms with Crippen molar-refractivity contribution >= 4 is 34.6 Å². The molecule has 2 unspecified atom stereocenters. The number of nitro groups is 1. The van der Waals surface area contributed by atoms with E-state index in [0.717, 1.165) is 4.90 Å². The van der Waals surface area contributed by atoms with Crippen LogP contribution >= 0.6 is 0 Å². The number of likely N-dealkylation sites (tertiary alicyclic amines) is 1. The number of nitrogens with zero attached hydrogens (tertiary/aromatic N) is 2. The van der Waals surface area contributed by atoms with Crippen molar-refractivity contribution in [3.63, 3.8) is 0 Å².